The molecular weight excluding hydrogens is 360 g/mol. The smallest absolute Gasteiger partial charge is 0.164 e. The molecule has 2 rings (SSSR count). The highest BCUT2D eigenvalue weighted by atomic mass is 35.5. The molecule has 0 bridgehead atoms. The van der Waals surface area contributed by atoms with Crippen molar-refractivity contribution in [2.45, 2.75) is 32.8 Å². The van der Waals surface area contributed by atoms with Crippen LogP contribution in [-0.2, 0) is 0 Å². The lowest BCUT2D eigenvalue weighted by Gasteiger charge is -2.10. The van der Waals surface area contributed by atoms with Gasteiger partial charge in [-0.1, -0.05) is 59.7 Å². The van der Waals surface area contributed by atoms with Crippen LogP contribution < -0.4 is 10.6 Å². The van der Waals surface area contributed by atoms with E-state index in [0.717, 1.165) is 30.6 Å². The number of halogens is 1. The Hall–Kier alpha value is -1.72. The van der Waals surface area contributed by atoms with E-state index in [1.54, 1.807) is 0 Å². The van der Waals surface area contributed by atoms with Crippen molar-refractivity contribution in [3.8, 4) is 0 Å². The number of Topliss-reactive ketones (excluding diaryl/α,β-unsaturated/α-hetero) is 1. The quantitative estimate of drug-likeness (QED) is 0.597. The van der Waals surface area contributed by atoms with Gasteiger partial charge in [-0.25, -0.2) is 0 Å². The van der Waals surface area contributed by atoms with Crippen molar-refractivity contribution in [3.05, 3.63) is 70.8 Å². The zero-order valence-electron chi connectivity index (χ0n) is 16.8. The Kier molecular flexibility index (Phi) is 13.4. The SMILES string of the molecule is CNCCC(=O)c1ccc(C)cc1.CNCC[C@@H](O)c1ccc(C)cc1.Cl. The lowest BCUT2D eigenvalue weighted by atomic mass is 10.1. The van der Waals surface area contributed by atoms with Gasteiger partial charge < -0.3 is 15.7 Å². The van der Waals surface area contributed by atoms with Crippen LogP contribution in [-0.4, -0.2) is 38.1 Å². The average molecular weight is 393 g/mol. The second-order valence-electron chi connectivity index (χ2n) is 6.46. The highest BCUT2D eigenvalue weighted by molar-refractivity contribution is 5.96. The Balaban J connectivity index is 0.000000483. The van der Waals surface area contributed by atoms with E-state index in [0.29, 0.717) is 6.42 Å². The molecular formula is C22H33ClN2O2. The van der Waals surface area contributed by atoms with E-state index < -0.39 is 0 Å². The largest absolute Gasteiger partial charge is 0.388 e. The Labute approximate surface area is 169 Å². The topological polar surface area (TPSA) is 61.4 Å². The molecule has 0 saturated carbocycles. The normalized spacial score (nSPS) is 11.0. The van der Waals surface area contributed by atoms with Crippen LogP contribution in [0.3, 0.4) is 0 Å². The molecule has 0 aliphatic carbocycles. The number of aryl methyl sites for hydroxylation is 2. The zero-order chi connectivity index (χ0) is 19.4. The van der Waals surface area contributed by atoms with E-state index in [1.165, 1.54) is 11.1 Å². The van der Waals surface area contributed by atoms with Gasteiger partial charge in [0.25, 0.3) is 0 Å². The van der Waals surface area contributed by atoms with Crippen LogP contribution in [0, 0.1) is 13.8 Å². The fourth-order valence-electron chi connectivity index (χ4n) is 2.36. The molecule has 3 N–H and O–H groups in total. The third-order valence-electron chi connectivity index (χ3n) is 4.11. The van der Waals surface area contributed by atoms with Crippen LogP contribution in [0.1, 0.15) is 46.0 Å². The van der Waals surface area contributed by atoms with E-state index in [4.69, 9.17) is 0 Å². The predicted octanol–water partition coefficient (Wildman–Crippen LogP) is 3.85. The Morgan fingerprint density at radius 1 is 0.889 bits per heavy atom. The molecule has 4 nitrogen and oxygen atoms in total. The lowest BCUT2D eigenvalue weighted by molar-refractivity contribution is 0.0983. The third kappa shape index (κ3) is 10.3. The summed E-state index contributed by atoms with van der Waals surface area (Å²) in [6, 6.07) is 15.7. The zero-order valence-corrected chi connectivity index (χ0v) is 17.6. The minimum atomic E-state index is -0.340. The monoisotopic (exact) mass is 392 g/mol. The summed E-state index contributed by atoms with van der Waals surface area (Å²) in [6.07, 6.45) is 0.993. The second-order valence-corrected chi connectivity index (χ2v) is 6.46. The number of nitrogens with one attached hydrogen (secondary N) is 2. The molecule has 0 radical (unpaired) electrons. The minimum absolute atomic E-state index is 0. The molecule has 0 spiro atoms. The minimum Gasteiger partial charge on any atom is -0.388 e. The van der Waals surface area contributed by atoms with Crippen molar-refractivity contribution >= 4 is 18.2 Å². The van der Waals surface area contributed by atoms with E-state index >= 15 is 0 Å². The number of carbonyl (C=O) groups is 1. The number of rotatable bonds is 8. The first-order valence-electron chi connectivity index (χ1n) is 9.11. The maximum Gasteiger partial charge on any atom is 0.164 e. The highest BCUT2D eigenvalue weighted by Crippen LogP contribution is 2.16. The predicted molar refractivity (Wildman–Crippen MR) is 116 cm³/mol. The van der Waals surface area contributed by atoms with E-state index in [2.05, 4.69) is 10.6 Å². The fraction of sp³-hybridized carbons (Fsp3) is 0.409. The molecule has 0 aliphatic rings. The van der Waals surface area contributed by atoms with Crippen LogP contribution in [0.15, 0.2) is 48.5 Å². The van der Waals surface area contributed by atoms with Crippen molar-refractivity contribution < 1.29 is 9.90 Å². The molecule has 0 fully saturated rings. The first kappa shape index (κ1) is 25.3. The van der Waals surface area contributed by atoms with Crippen LogP contribution in [0.5, 0.6) is 0 Å². The molecule has 0 unspecified atom stereocenters. The number of carbonyl (C=O) groups excluding carboxylic acids is 1. The van der Waals surface area contributed by atoms with Crippen LogP contribution in [0.4, 0.5) is 0 Å². The summed E-state index contributed by atoms with van der Waals surface area (Å²) < 4.78 is 0. The van der Waals surface area contributed by atoms with Gasteiger partial charge in [0.2, 0.25) is 0 Å². The summed E-state index contributed by atoms with van der Waals surface area (Å²) in [5.41, 5.74) is 4.22. The van der Waals surface area contributed by atoms with Crippen LogP contribution in [0.25, 0.3) is 0 Å². The van der Waals surface area contributed by atoms with Gasteiger partial charge in [-0.05, 0) is 46.5 Å². The average Bonchev–Trinajstić information content (AvgIpc) is 2.66. The maximum atomic E-state index is 11.5. The highest BCUT2D eigenvalue weighted by Gasteiger charge is 2.05. The van der Waals surface area contributed by atoms with Crippen molar-refractivity contribution in [3.63, 3.8) is 0 Å². The first-order valence-corrected chi connectivity index (χ1v) is 9.11. The van der Waals surface area contributed by atoms with E-state index in [-0.39, 0.29) is 24.3 Å². The van der Waals surface area contributed by atoms with E-state index in [1.807, 2.05) is 76.5 Å². The standard InChI is InChI=1S/C11H17NO.C11H15NO.ClH/c2*1-9-3-5-10(6-4-9)11(13)7-8-12-2;/h3-6,11-13H,7-8H2,1-2H3;3-6,12H,7-8H2,1-2H3;1H/t11-;;/m1../s1. The van der Waals surface area contributed by atoms with Crippen molar-refractivity contribution in [2.75, 3.05) is 27.2 Å². The van der Waals surface area contributed by atoms with Gasteiger partial charge >= 0.3 is 0 Å². The van der Waals surface area contributed by atoms with Crippen LogP contribution >= 0.6 is 12.4 Å². The molecule has 0 amide bonds. The van der Waals surface area contributed by atoms with Crippen LogP contribution in [0.2, 0.25) is 0 Å². The molecule has 0 aliphatic heterocycles. The van der Waals surface area contributed by atoms with Gasteiger partial charge in [0.1, 0.15) is 0 Å². The summed E-state index contributed by atoms with van der Waals surface area (Å²) >= 11 is 0. The number of ketones is 1. The van der Waals surface area contributed by atoms with Gasteiger partial charge in [0.15, 0.2) is 5.78 Å². The van der Waals surface area contributed by atoms with Gasteiger partial charge in [-0.2, -0.15) is 0 Å². The number of hydrogen-bond donors (Lipinski definition) is 3. The van der Waals surface area contributed by atoms with Gasteiger partial charge in [-0.3, -0.25) is 4.79 Å². The molecule has 150 valence electrons. The second kappa shape index (κ2) is 14.4. The third-order valence-corrected chi connectivity index (χ3v) is 4.11. The Morgan fingerprint density at radius 2 is 1.37 bits per heavy atom. The summed E-state index contributed by atoms with van der Waals surface area (Å²) in [7, 11) is 3.74. The summed E-state index contributed by atoms with van der Waals surface area (Å²) in [6.45, 7) is 5.65. The van der Waals surface area contributed by atoms with Crippen molar-refractivity contribution in [1.82, 2.24) is 10.6 Å². The first-order chi connectivity index (χ1) is 12.5. The van der Waals surface area contributed by atoms with E-state index in [9.17, 15) is 9.90 Å². The summed E-state index contributed by atoms with van der Waals surface area (Å²) in [5.74, 6) is 0.203. The molecule has 0 heterocycles. The molecule has 0 saturated heterocycles. The van der Waals surface area contributed by atoms with Gasteiger partial charge in [0, 0.05) is 18.5 Å². The van der Waals surface area contributed by atoms with Gasteiger partial charge in [-0.15, -0.1) is 12.4 Å². The Morgan fingerprint density at radius 3 is 1.85 bits per heavy atom. The summed E-state index contributed by atoms with van der Waals surface area (Å²) in [5, 5.41) is 15.7. The fourth-order valence-corrected chi connectivity index (χ4v) is 2.36. The molecule has 27 heavy (non-hydrogen) atoms. The molecule has 2 aromatic carbocycles. The molecule has 5 heteroatoms. The number of benzene rings is 2. The molecule has 2 aromatic rings. The van der Waals surface area contributed by atoms with Crippen molar-refractivity contribution in [2.24, 2.45) is 0 Å². The number of aliphatic hydroxyl groups is 1. The molecule has 1 atom stereocenters. The maximum absolute atomic E-state index is 11.5. The Bertz CT molecular complexity index is 642. The lowest BCUT2D eigenvalue weighted by Crippen LogP contribution is -2.12. The number of aliphatic hydroxyl groups excluding tert-OH is 1. The summed E-state index contributed by atoms with van der Waals surface area (Å²) in [4.78, 5) is 11.5. The molecule has 0 aromatic heterocycles. The van der Waals surface area contributed by atoms with Gasteiger partial charge in [0.05, 0.1) is 6.10 Å². The van der Waals surface area contributed by atoms with Crippen molar-refractivity contribution in [1.29, 1.82) is 0 Å². The number of hydrogen-bond acceptors (Lipinski definition) is 4.